The second-order valence-electron chi connectivity index (χ2n) is 7.08. The van der Waals surface area contributed by atoms with Crippen molar-refractivity contribution in [3.8, 4) is 5.75 Å². The zero-order valence-corrected chi connectivity index (χ0v) is 18.8. The molecule has 12 heteroatoms. The number of pyridine rings is 1. The Morgan fingerprint density at radius 3 is 2.76 bits per heavy atom. The number of carbonyl (C=O) groups excluding carboxylic acids is 3. The van der Waals surface area contributed by atoms with Crippen LogP contribution in [0.5, 0.6) is 5.75 Å². The number of rotatable bonds is 11. The van der Waals surface area contributed by atoms with E-state index in [9.17, 15) is 23.2 Å². The first-order valence-corrected chi connectivity index (χ1v) is 11.4. The first-order valence-electron chi connectivity index (χ1n) is 10.4. The summed E-state index contributed by atoms with van der Waals surface area (Å²) in [5.41, 5.74) is 0.178. The van der Waals surface area contributed by atoms with Crippen LogP contribution in [0.1, 0.15) is 23.2 Å². The summed E-state index contributed by atoms with van der Waals surface area (Å²) in [7, 11) is 0. The molecule has 2 amide bonds. The summed E-state index contributed by atoms with van der Waals surface area (Å²) in [6, 6.07) is 8.77. The Morgan fingerprint density at radius 2 is 2.00 bits per heavy atom. The van der Waals surface area contributed by atoms with Crippen molar-refractivity contribution in [1.29, 1.82) is 0 Å². The summed E-state index contributed by atoms with van der Waals surface area (Å²) >= 11 is 0.954. The lowest BCUT2D eigenvalue weighted by atomic mass is 10.2. The molecular weight excluding hydrogens is 472 g/mol. The van der Waals surface area contributed by atoms with E-state index in [1.54, 1.807) is 6.07 Å². The molecule has 0 bridgehead atoms. The highest BCUT2D eigenvalue weighted by molar-refractivity contribution is 8.00. The van der Waals surface area contributed by atoms with E-state index in [2.05, 4.69) is 20.4 Å². The molecule has 0 spiro atoms. The number of carbonyl (C=O) groups is 3. The number of thioether (sulfide) groups is 1. The van der Waals surface area contributed by atoms with Crippen molar-refractivity contribution in [2.75, 3.05) is 30.8 Å². The van der Waals surface area contributed by atoms with Gasteiger partial charge in [-0.3, -0.25) is 9.59 Å². The maximum Gasteiger partial charge on any atom is 0.387 e. The van der Waals surface area contributed by atoms with E-state index >= 15 is 0 Å². The van der Waals surface area contributed by atoms with Crippen LogP contribution >= 0.6 is 11.8 Å². The van der Waals surface area contributed by atoms with Crippen molar-refractivity contribution >= 4 is 35.2 Å². The van der Waals surface area contributed by atoms with Crippen LogP contribution in [0, 0.1) is 0 Å². The number of alkyl halides is 2. The summed E-state index contributed by atoms with van der Waals surface area (Å²) in [5, 5.41) is 5.36. The molecule has 1 atom stereocenters. The summed E-state index contributed by atoms with van der Waals surface area (Å²) in [5.74, 6) is -2.07. The molecule has 0 unspecified atom stereocenters. The molecule has 9 nitrogen and oxygen atoms in total. The highest BCUT2D eigenvalue weighted by atomic mass is 32.2. The number of anilines is 1. The molecule has 182 valence electrons. The second kappa shape index (κ2) is 12.8. The van der Waals surface area contributed by atoms with Crippen LogP contribution in [-0.2, 0) is 19.1 Å². The lowest BCUT2D eigenvalue weighted by Crippen LogP contribution is -2.34. The summed E-state index contributed by atoms with van der Waals surface area (Å²) in [6.45, 7) is -2.48. The summed E-state index contributed by atoms with van der Waals surface area (Å²) < 4.78 is 39.9. The van der Waals surface area contributed by atoms with Crippen LogP contribution in [0.25, 0.3) is 0 Å². The van der Waals surface area contributed by atoms with Gasteiger partial charge in [0.2, 0.25) is 5.91 Å². The molecule has 2 N–H and O–H groups in total. The van der Waals surface area contributed by atoms with Crippen LogP contribution < -0.4 is 15.4 Å². The van der Waals surface area contributed by atoms with Crippen molar-refractivity contribution in [1.82, 2.24) is 10.3 Å². The fraction of sp³-hybridized carbons (Fsp3) is 0.364. The first-order chi connectivity index (χ1) is 16.4. The number of aromatic nitrogens is 1. The number of hydrogen-bond donors (Lipinski definition) is 2. The van der Waals surface area contributed by atoms with Crippen molar-refractivity contribution < 1.29 is 37.4 Å². The minimum atomic E-state index is -3.03. The van der Waals surface area contributed by atoms with Crippen molar-refractivity contribution in [2.45, 2.75) is 30.6 Å². The van der Waals surface area contributed by atoms with Gasteiger partial charge in [0, 0.05) is 19.3 Å². The molecule has 0 radical (unpaired) electrons. The van der Waals surface area contributed by atoms with Gasteiger partial charge in [-0.1, -0.05) is 23.9 Å². The van der Waals surface area contributed by atoms with Crippen LogP contribution in [0.2, 0.25) is 0 Å². The predicted octanol–water partition coefficient (Wildman–Crippen LogP) is 2.87. The Bertz CT molecular complexity index is 1000. The van der Waals surface area contributed by atoms with E-state index in [0.29, 0.717) is 13.2 Å². The topological polar surface area (TPSA) is 116 Å². The van der Waals surface area contributed by atoms with Gasteiger partial charge in [0.15, 0.2) is 6.61 Å². The fourth-order valence-corrected chi connectivity index (χ4v) is 3.83. The lowest BCUT2D eigenvalue weighted by molar-refractivity contribution is -0.124. The summed E-state index contributed by atoms with van der Waals surface area (Å²) in [4.78, 5) is 40.8. The first kappa shape index (κ1) is 25.4. The number of nitrogens with zero attached hydrogens (tertiary/aromatic N) is 1. The molecule has 2 aromatic rings. The minimum absolute atomic E-state index is 0.0268. The monoisotopic (exact) mass is 495 g/mol. The molecule has 0 aliphatic carbocycles. The molecule has 2 heterocycles. The molecule has 3 rings (SSSR count). The molecule has 1 aliphatic heterocycles. The Kier molecular flexibility index (Phi) is 9.59. The number of amides is 2. The van der Waals surface area contributed by atoms with E-state index in [-0.39, 0.29) is 33.9 Å². The van der Waals surface area contributed by atoms with Gasteiger partial charge < -0.3 is 24.8 Å². The number of esters is 1. The van der Waals surface area contributed by atoms with Gasteiger partial charge >= 0.3 is 12.6 Å². The van der Waals surface area contributed by atoms with Crippen molar-refractivity contribution in [3.05, 3.63) is 48.2 Å². The van der Waals surface area contributed by atoms with E-state index in [0.717, 1.165) is 24.6 Å². The molecule has 1 aromatic heterocycles. The number of para-hydroxylation sites is 2. The molecule has 34 heavy (non-hydrogen) atoms. The maximum absolute atomic E-state index is 12.5. The standard InChI is InChI=1S/C22H23F2N3O6S/c23-22(24)33-17-8-2-1-7-16(17)27-19(29)13-34-20-15(6-3-9-25-20)21(30)32-12-18(28)26-11-14-5-4-10-31-14/h1-3,6-9,14,22H,4-5,10-13H2,(H,26,28)(H,27,29)/t14-/m0/s1. The van der Waals surface area contributed by atoms with Gasteiger partial charge in [-0.15, -0.1) is 0 Å². The average Bonchev–Trinajstić information content (AvgIpc) is 3.35. The smallest absolute Gasteiger partial charge is 0.387 e. The minimum Gasteiger partial charge on any atom is -0.452 e. The maximum atomic E-state index is 12.5. The third kappa shape index (κ3) is 7.96. The number of halogens is 2. The van der Waals surface area contributed by atoms with E-state index < -0.39 is 31.0 Å². The Hall–Kier alpha value is -3.25. The van der Waals surface area contributed by atoms with Gasteiger partial charge in [0.1, 0.15) is 10.8 Å². The lowest BCUT2D eigenvalue weighted by Gasteiger charge is -2.12. The second-order valence-corrected chi connectivity index (χ2v) is 8.05. The normalized spacial score (nSPS) is 15.1. The van der Waals surface area contributed by atoms with E-state index in [1.165, 1.54) is 36.5 Å². The van der Waals surface area contributed by atoms with Crippen molar-refractivity contribution in [3.63, 3.8) is 0 Å². The van der Waals surface area contributed by atoms with Crippen LogP contribution in [-0.4, -0.2) is 61.0 Å². The Morgan fingerprint density at radius 1 is 1.18 bits per heavy atom. The van der Waals surface area contributed by atoms with Crippen molar-refractivity contribution in [2.24, 2.45) is 0 Å². The summed E-state index contributed by atoms with van der Waals surface area (Å²) in [6.07, 6.45) is 3.23. The highest BCUT2D eigenvalue weighted by Crippen LogP contribution is 2.26. The molecule has 1 saturated heterocycles. The van der Waals surface area contributed by atoms with Gasteiger partial charge in [-0.2, -0.15) is 8.78 Å². The van der Waals surface area contributed by atoms with Gasteiger partial charge in [0.25, 0.3) is 5.91 Å². The molecule has 1 aromatic carbocycles. The SMILES string of the molecule is O=C(COC(=O)c1cccnc1SCC(=O)Nc1ccccc1OC(F)F)NC[C@@H]1CCCO1. The Balaban J connectivity index is 1.50. The molecule has 1 aliphatic rings. The third-order valence-corrected chi connectivity index (χ3v) is 5.60. The quantitative estimate of drug-likeness (QED) is 0.361. The van der Waals surface area contributed by atoms with Crippen LogP contribution in [0.4, 0.5) is 14.5 Å². The van der Waals surface area contributed by atoms with Gasteiger partial charge in [-0.25, -0.2) is 9.78 Å². The van der Waals surface area contributed by atoms with Gasteiger partial charge in [0.05, 0.1) is 23.1 Å². The fourth-order valence-electron chi connectivity index (χ4n) is 3.04. The van der Waals surface area contributed by atoms with Crippen LogP contribution in [0.3, 0.4) is 0 Å². The zero-order valence-electron chi connectivity index (χ0n) is 18.0. The largest absolute Gasteiger partial charge is 0.452 e. The average molecular weight is 496 g/mol. The van der Waals surface area contributed by atoms with E-state index in [1.807, 2.05) is 0 Å². The van der Waals surface area contributed by atoms with E-state index in [4.69, 9.17) is 9.47 Å². The number of hydrogen-bond acceptors (Lipinski definition) is 8. The molecular formula is C22H23F2N3O6S. The molecule has 0 saturated carbocycles. The zero-order chi connectivity index (χ0) is 24.3. The number of ether oxygens (including phenoxy) is 3. The highest BCUT2D eigenvalue weighted by Gasteiger charge is 2.19. The van der Waals surface area contributed by atoms with Gasteiger partial charge in [-0.05, 0) is 37.1 Å². The molecule has 1 fully saturated rings. The van der Waals surface area contributed by atoms with Crippen LogP contribution in [0.15, 0.2) is 47.6 Å². The number of nitrogens with one attached hydrogen (secondary N) is 2. The Labute approximate surface area is 198 Å². The third-order valence-electron chi connectivity index (χ3n) is 4.59. The predicted molar refractivity (Wildman–Crippen MR) is 119 cm³/mol. The number of benzene rings is 1.